The third kappa shape index (κ3) is 9.00. The van der Waals surface area contributed by atoms with Gasteiger partial charge in [0.1, 0.15) is 6.61 Å². The van der Waals surface area contributed by atoms with E-state index in [9.17, 15) is 0 Å². The summed E-state index contributed by atoms with van der Waals surface area (Å²) >= 11 is 0. The molecule has 3 heteroatoms. The Hall–Kier alpha value is -2.68. The topological polar surface area (TPSA) is 35.0 Å². The van der Waals surface area contributed by atoms with Crippen molar-refractivity contribution < 1.29 is 4.74 Å². The van der Waals surface area contributed by atoms with Gasteiger partial charge in [0.25, 0.3) is 0 Å². The van der Waals surface area contributed by atoms with Crippen LogP contribution in [0.2, 0.25) is 0 Å². The molecular weight excluding hydrogens is 404 g/mol. The summed E-state index contributed by atoms with van der Waals surface area (Å²) in [4.78, 5) is 9.01. The van der Waals surface area contributed by atoms with Crippen molar-refractivity contribution in [2.75, 3.05) is 0 Å². The lowest BCUT2D eigenvalue weighted by Gasteiger charge is -2.08. The van der Waals surface area contributed by atoms with Gasteiger partial charge in [0, 0.05) is 5.56 Å². The summed E-state index contributed by atoms with van der Waals surface area (Å²) in [5.74, 6) is 1.44. The molecule has 0 saturated heterocycles. The van der Waals surface area contributed by atoms with Crippen LogP contribution in [-0.2, 0) is 19.4 Å². The van der Waals surface area contributed by atoms with Gasteiger partial charge >= 0.3 is 0 Å². The first-order valence-electron chi connectivity index (χ1n) is 12.9. The highest BCUT2D eigenvalue weighted by Gasteiger charge is 2.04. The van der Waals surface area contributed by atoms with Crippen LogP contribution in [0.5, 0.6) is 5.75 Å². The summed E-state index contributed by atoms with van der Waals surface area (Å²) in [7, 11) is 0. The first-order valence-corrected chi connectivity index (χ1v) is 12.9. The van der Waals surface area contributed by atoms with Crippen LogP contribution in [0.25, 0.3) is 11.4 Å². The molecule has 0 unspecified atom stereocenters. The molecule has 0 saturated carbocycles. The summed E-state index contributed by atoms with van der Waals surface area (Å²) in [5, 5.41) is 0. The fourth-order valence-electron chi connectivity index (χ4n) is 4.02. The van der Waals surface area contributed by atoms with Crippen molar-refractivity contribution >= 4 is 0 Å². The van der Waals surface area contributed by atoms with Gasteiger partial charge in [0.15, 0.2) is 11.6 Å². The number of benzene rings is 2. The average molecular weight is 445 g/mol. The summed E-state index contributed by atoms with van der Waals surface area (Å²) in [6.07, 6.45) is 17.7. The van der Waals surface area contributed by atoms with Gasteiger partial charge in [-0.1, -0.05) is 107 Å². The molecule has 0 fully saturated rings. The van der Waals surface area contributed by atoms with Gasteiger partial charge in [-0.25, -0.2) is 9.97 Å². The van der Waals surface area contributed by atoms with Gasteiger partial charge in [0.05, 0.1) is 12.4 Å². The molecule has 0 radical (unpaired) electrons. The number of nitrogens with zero attached hydrogens (tertiary/aromatic N) is 2. The van der Waals surface area contributed by atoms with Gasteiger partial charge in [0.2, 0.25) is 0 Å². The number of aryl methyl sites for hydroxylation is 2. The molecule has 0 atom stereocenters. The Labute approximate surface area is 200 Å². The van der Waals surface area contributed by atoms with Crippen LogP contribution >= 0.6 is 0 Å². The van der Waals surface area contributed by atoms with Crippen molar-refractivity contribution in [1.82, 2.24) is 9.97 Å². The summed E-state index contributed by atoms with van der Waals surface area (Å²) in [5.41, 5.74) is 5.01. The zero-order valence-corrected chi connectivity index (χ0v) is 20.6. The smallest absolute Gasteiger partial charge is 0.159 e. The molecule has 0 aliphatic rings. The van der Waals surface area contributed by atoms with E-state index in [-0.39, 0.29) is 0 Å². The van der Waals surface area contributed by atoms with Crippen LogP contribution < -0.4 is 4.74 Å². The van der Waals surface area contributed by atoms with Gasteiger partial charge in [-0.05, 0) is 42.4 Å². The van der Waals surface area contributed by atoms with E-state index in [0.717, 1.165) is 17.8 Å². The van der Waals surface area contributed by atoms with Crippen LogP contribution in [0.4, 0.5) is 0 Å². The Morgan fingerprint density at radius 2 is 1.06 bits per heavy atom. The molecule has 3 nitrogen and oxygen atoms in total. The zero-order valence-electron chi connectivity index (χ0n) is 20.6. The standard InChI is InChI=1S/C30H40N2O/c1-3-5-7-8-9-11-13-25-14-16-27(17-15-25)24-33-29-22-31-30(32-23-29)28-20-18-26(19-21-28)12-10-6-4-2/h14-23H,3-13,24H2,1-2H3. The molecule has 0 aliphatic heterocycles. The molecule has 0 spiro atoms. The van der Waals surface area contributed by atoms with E-state index < -0.39 is 0 Å². The van der Waals surface area contributed by atoms with E-state index in [1.807, 2.05) is 0 Å². The molecule has 0 amide bonds. The lowest BCUT2D eigenvalue weighted by molar-refractivity contribution is 0.303. The molecule has 0 N–H and O–H groups in total. The molecule has 2 aromatic carbocycles. The predicted molar refractivity (Wildman–Crippen MR) is 139 cm³/mol. The van der Waals surface area contributed by atoms with E-state index in [1.54, 1.807) is 12.4 Å². The summed E-state index contributed by atoms with van der Waals surface area (Å²) < 4.78 is 5.91. The van der Waals surface area contributed by atoms with Crippen molar-refractivity contribution in [1.29, 1.82) is 0 Å². The van der Waals surface area contributed by atoms with Crippen LogP contribution in [0.3, 0.4) is 0 Å². The predicted octanol–water partition coefficient (Wildman–Crippen LogP) is 8.36. The highest BCUT2D eigenvalue weighted by molar-refractivity contribution is 5.55. The van der Waals surface area contributed by atoms with Gasteiger partial charge in [-0.2, -0.15) is 0 Å². The lowest BCUT2D eigenvalue weighted by Crippen LogP contribution is -1.98. The molecule has 3 aromatic rings. The number of hydrogen-bond acceptors (Lipinski definition) is 3. The van der Waals surface area contributed by atoms with E-state index in [4.69, 9.17) is 4.74 Å². The Balaban J connectivity index is 1.42. The van der Waals surface area contributed by atoms with Crippen LogP contribution in [0.1, 0.15) is 88.3 Å². The lowest BCUT2D eigenvalue weighted by atomic mass is 10.0. The second-order valence-corrected chi connectivity index (χ2v) is 9.02. The van der Waals surface area contributed by atoms with Crippen molar-refractivity contribution in [3.05, 3.63) is 77.6 Å². The highest BCUT2D eigenvalue weighted by atomic mass is 16.5. The average Bonchev–Trinajstić information content (AvgIpc) is 2.86. The second kappa shape index (κ2) is 14.5. The van der Waals surface area contributed by atoms with E-state index in [2.05, 4.69) is 72.3 Å². The molecule has 1 heterocycles. The largest absolute Gasteiger partial charge is 0.486 e. The quantitative estimate of drug-likeness (QED) is 0.221. The molecule has 0 aliphatic carbocycles. The molecule has 33 heavy (non-hydrogen) atoms. The summed E-state index contributed by atoms with van der Waals surface area (Å²) in [6, 6.07) is 17.4. The van der Waals surface area contributed by atoms with Crippen molar-refractivity contribution in [2.24, 2.45) is 0 Å². The fraction of sp³-hybridized carbons (Fsp3) is 0.467. The maximum atomic E-state index is 5.91. The molecule has 1 aromatic heterocycles. The van der Waals surface area contributed by atoms with E-state index in [1.165, 1.54) is 80.9 Å². The molecule has 0 bridgehead atoms. The van der Waals surface area contributed by atoms with Crippen molar-refractivity contribution in [2.45, 2.75) is 91.1 Å². The minimum absolute atomic E-state index is 0.534. The Morgan fingerprint density at radius 1 is 0.576 bits per heavy atom. The Kier molecular flexibility index (Phi) is 10.9. The van der Waals surface area contributed by atoms with Crippen molar-refractivity contribution in [3.8, 4) is 17.1 Å². The number of unbranched alkanes of at least 4 members (excludes halogenated alkanes) is 7. The molecular formula is C30H40N2O. The Morgan fingerprint density at radius 3 is 1.70 bits per heavy atom. The third-order valence-electron chi connectivity index (χ3n) is 6.16. The fourth-order valence-corrected chi connectivity index (χ4v) is 4.02. The Bertz CT molecular complexity index is 902. The number of hydrogen-bond donors (Lipinski definition) is 0. The van der Waals surface area contributed by atoms with E-state index >= 15 is 0 Å². The first-order chi connectivity index (χ1) is 16.3. The monoisotopic (exact) mass is 444 g/mol. The number of aromatic nitrogens is 2. The van der Waals surface area contributed by atoms with Gasteiger partial charge < -0.3 is 4.74 Å². The normalized spacial score (nSPS) is 11.0. The second-order valence-electron chi connectivity index (χ2n) is 9.02. The maximum Gasteiger partial charge on any atom is 0.159 e. The molecule has 176 valence electrons. The number of ether oxygens (including phenoxy) is 1. The van der Waals surface area contributed by atoms with Crippen LogP contribution in [0, 0.1) is 0 Å². The number of rotatable bonds is 15. The van der Waals surface area contributed by atoms with Gasteiger partial charge in [-0.15, -0.1) is 0 Å². The zero-order chi connectivity index (χ0) is 23.1. The SMILES string of the molecule is CCCCCCCCc1ccc(COc2cnc(-c3ccc(CCCCC)cc3)nc2)cc1. The third-order valence-corrected chi connectivity index (χ3v) is 6.16. The van der Waals surface area contributed by atoms with Gasteiger partial charge in [-0.3, -0.25) is 0 Å². The highest BCUT2D eigenvalue weighted by Crippen LogP contribution is 2.19. The van der Waals surface area contributed by atoms with Crippen LogP contribution in [0.15, 0.2) is 60.9 Å². The molecule has 3 rings (SSSR count). The van der Waals surface area contributed by atoms with E-state index in [0.29, 0.717) is 12.4 Å². The van der Waals surface area contributed by atoms with Crippen molar-refractivity contribution in [3.63, 3.8) is 0 Å². The maximum absolute atomic E-state index is 5.91. The van der Waals surface area contributed by atoms with Crippen LogP contribution in [-0.4, -0.2) is 9.97 Å². The summed E-state index contributed by atoms with van der Waals surface area (Å²) in [6.45, 7) is 5.04. The minimum atomic E-state index is 0.534. The first kappa shape index (κ1) is 25.0. The minimum Gasteiger partial charge on any atom is -0.486 e.